The summed E-state index contributed by atoms with van der Waals surface area (Å²) >= 11 is 0. The summed E-state index contributed by atoms with van der Waals surface area (Å²) in [4.78, 5) is 11.1. The minimum atomic E-state index is 0.245. The second-order valence-electron chi connectivity index (χ2n) is 4.59. The minimum absolute atomic E-state index is 0.245. The molecule has 0 heterocycles. The van der Waals surface area contributed by atoms with E-state index in [-0.39, 0.29) is 5.78 Å². The molecule has 1 unspecified atom stereocenters. The van der Waals surface area contributed by atoms with Crippen LogP contribution < -0.4 is 0 Å². The third kappa shape index (κ3) is 1.77. The first-order valence-electron chi connectivity index (χ1n) is 4.63. The molecule has 0 spiro atoms. The zero-order valence-electron chi connectivity index (χ0n) is 8.48. The quantitative estimate of drug-likeness (QED) is 0.585. The molecule has 0 aromatic rings. The van der Waals surface area contributed by atoms with Crippen LogP contribution in [0.5, 0.6) is 0 Å². The highest BCUT2D eigenvalue weighted by molar-refractivity contribution is 5.93. The molecule has 0 aromatic heterocycles. The zero-order chi connectivity index (χ0) is 9.35. The fraction of sp³-hybridized carbons (Fsp3) is 0.727. The van der Waals surface area contributed by atoms with Crippen LogP contribution in [0.25, 0.3) is 0 Å². The van der Waals surface area contributed by atoms with Crippen LogP contribution in [-0.4, -0.2) is 5.78 Å². The molecule has 1 nitrogen and oxygen atoms in total. The molecule has 68 valence electrons. The summed E-state index contributed by atoms with van der Waals surface area (Å²) in [7, 11) is 0. The van der Waals surface area contributed by atoms with E-state index in [1.54, 1.807) is 6.92 Å². The molecule has 1 atom stereocenters. The van der Waals surface area contributed by atoms with E-state index in [4.69, 9.17) is 0 Å². The number of ketones is 1. The second-order valence-corrected chi connectivity index (χ2v) is 4.59. The maximum Gasteiger partial charge on any atom is 0.155 e. The Morgan fingerprint density at radius 1 is 1.58 bits per heavy atom. The lowest BCUT2D eigenvalue weighted by atomic mass is 9.69. The van der Waals surface area contributed by atoms with Crippen LogP contribution in [0.3, 0.4) is 0 Å². The van der Waals surface area contributed by atoms with Gasteiger partial charge in [-0.25, -0.2) is 0 Å². The summed E-state index contributed by atoms with van der Waals surface area (Å²) in [6.07, 6.45) is 4.11. The van der Waals surface area contributed by atoms with E-state index in [1.807, 2.05) is 0 Å². The smallest absolute Gasteiger partial charge is 0.155 e. The molecule has 1 rings (SSSR count). The van der Waals surface area contributed by atoms with Crippen molar-refractivity contribution in [1.29, 1.82) is 0 Å². The molecule has 0 aliphatic heterocycles. The van der Waals surface area contributed by atoms with Crippen LogP contribution in [0.1, 0.15) is 40.5 Å². The molecule has 0 N–H and O–H groups in total. The number of hydrogen-bond donors (Lipinski definition) is 0. The van der Waals surface area contributed by atoms with Gasteiger partial charge in [-0.1, -0.05) is 26.8 Å². The molecule has 1 aliphatic carbocycles. The van der Waals surface area contributed by atoms with Gasteiger partial charge in [0.1, 0.15) is 0 Å². The third-order valence-corrected chi connectivity index (χ3v) is 3.15. The van der Waals surface area contributed by atoms with Gasteiger partial charge in [-0.2, -0.15) is 0 Å². The molecule has 0 bridgehead atoms. The van der Waals surface area contributed by atoms with Crippen LogP contribution in [0.2, 0.25) is 0 Å². The third-order valence-electron chi connectivity index (χ3n) is 3.15. The Morgan fingerprint density at radius 2 is 2.17 bits per heavy atom. The van der Waals surface area contributed by atoms with Crippen molar-refractivity contribution < 1.29 is 4.79 Å². The van der Waals surface area contributed by atoms with Gasteiger partial charge in [0.25, 0.3) is 0 Å². The maximum absolute atomic E-state index is 11.1. The average molecular weight is 166 g/mol. The summed E-state index contributed by atoms with van der Waals surface area (Å²) in [5, 5.41) is 0. The van der Waals surface area contributed by atoms with Crippen molar-refractivity contribution in [3.8, 4) is 0 Å². The van der Waals surface area contributed by atoms with Crippen molar-refractivity contribution in [2.75, 3.05) is 0 Å². The van der Waals surface area contributed by atoms with Crippen LogP contribution >= 0.6 is 0 Å². The summed E-state index contributed by atoms with van der Waals surface area (Å²) in [5.74, 6) is 0.940. The van der Waals surface area contributed by atoms with Crippen molar-refractivity contribution in [3.05, 3.63) is 11.6 Å². The van der Waals surface area contributed by atoms with Crippen molar-refractivity contribution >= 4 is 5.78 Å². The molecular formula is C11H18O. The Labute approximate surface area is 74.9 Å². The molecule has 0 amide bonds. The normalized spacial score (nSPS) is 28.0. The standard InChI is InChI=1S/C11H18O/c1-8-5-6-10(9(2)12)7-11(8,3)4/h6,8H,5,7H2,1-4H3. The molecule has 1 heteroatoms. The maximum atomic E-state index is 11.1. The molecule has 1 aliphatic rings. The largest absolute Gasteiger partial charge is 0.295 e. The number of Topliss-reactive ketones (excluding diaryl/α,β-unsaturated/α-hetero) is 1. The summed E-state index contributed by atoms with van der Waals surface area (Å²) in [6.45, 7) is 8.41. The van der Waals surface area contributed by atoms with Crippen molar-refractivity contribution in [2.24, 2.45) is 11.3 Å². The molecule has 12 heavy (non-hydrogen) atoms. The van der Waals surface area contributed by atoms with E-state index in [2.05, 4.69) is 26.8 Å². The first kappa shape index (κ1) is 9.50. The van der Waals surface area contributed by atoms with Gasteiger partial charge in [-0.3, -0.25) is 4.79 Å². The summed E-state index contributed by atoms with van der Waals surface area (Å²) < 4.78 is 0. The van der Waals surface area contributed by atoms with Gasteiger partial charge in [0.05, 0.1) is 0 Å². The lowest BCUT2D eigenvalue weighted by molar-refractivity contribution is -0.114. The lowest BCUT2D eigenvalue weighted by Gasteiger charge is -2.35. The average Bonchev–Trinajstić information content (AvgIpc) is 1.94. The molecule has 0 fully saturated rings. The van der Waals surface area contributed by atoms with Gasteiger partial charge < -0.3 is 0 Å². The van der Waals surface area contributed by atoms with Gasteiger partial charge in [0, 0.05) is 0 Å². The Hall–Kier alpha value is -0.590. The van der Waals surface area contributed by atoms with Crippen LogP contribution in [0.4, 0.5) is 0 Å². The van der Waals surface area contributed by atoms with Gasteiger partial charge >= 0.3 is 0 Å². The van der Waals surface area contributed by atoms with E-state index in [9.17, 15) is 4.79 Å². The number of carbonyl (C=O) groups is 1. The van der Waals surface area contributed by atoms with Gasteiger partial charge in [-0.05, 0) is 36.7 Å². The summed E-state index contributed by atoms with van der Waals surface area (Å²) in [5.41, 5.74) is 1.33. The fourth-order valence-corrected chi connectivity index (χ4v) is 1.64. The number of carbonyl (C=O) groups excluding carboxylic acids is 1. The first-order chi connectivity index (χ1) is 5.43. The Kier molecular flexibility index (Phi) is 2.41. The monoisotopic (exact) mass is 166 g/mol. The second kappa shape index (κ2) is 3.04. The van der Waals surface area contributed by atoms with Gasteiger partial charge in [0.15, 0.2) is 5.78 Å². The molecular weight excluding hydrogens is 148 g/mol. The first-order valence-corrected chi connectivity index (χ1v) is 4.63. The SMILES string of the molecule is CC(=O)C1=CCC(C)C(C)(C)C1. The van der Waals surface area contributed by atoms with Crippen LogP contribution in [0, 0.1) is 11.3 Å². The fourth-order valence-electron chi connectivity index (χ4n) is 1.64. The van der Waals surface area contributed by atoms with E-state index in [0.717, 1.165) is 18.4 Å². The van der Waals surface area contributed by atoms with E-state index in [0.29, 0.717) is 11.3 Å². The van der Waals surface area contributed by atoms with Crippen LogP contribution in [0.15, 0.2) is 11.6 Å². The van der Waals surface area contributed by atoms with E-state index >= 15 is 0 Å². The summed E-state index contributed by atoms with van der Waals surface area (Å²) in [6, 6.07) is 0. The lowest BCUT2D eigenvalue weighted by Crippen LogP contribution is -2.26. The van der Waals surface area contributed by atoms with Crippen molar-refractivity contribution in [2.45, 2.75) is 40.5 Å². The highest BCUT2D eigenvalue weighted by atomic mass is 16.1. The van der Waals surface area contributed by atoms with Crippen LogP contribution in [-0.2, 0) is 4.79 Å². The van der Waals surface area contributed by atoms with E-state index in [1.165, 1.54) is 0 Å². The number of hydrogen-bond acceptors (Lipinski definition) is 1. The van der Waals surface area contributed by atoms with Gasteiger partial charge in [-0.15, -0.1) is 0 Å². The van der Waals surface area contributed by atoms with Gasteiger partial charge in [0.2, 0.25) is 0 Å². The van der Waals surface area contributed by atoms with Crippen molar-refractivity contribution in [3.63, 3.8) is 0 Å². The highest BCUT2D eigenvalue weighted by Crippen LogP contribution is 2.39. The number of rotatable bonds is 1. The molecule has 0 radical (unpaired) electrons. The topological polar surface area (TPSA) is 17.1 Å². The zero-order valence-corrected chi connectivity index (χ0v) is 8.48. The Morgan fingerprint density at radius 3 is 2.58 bits per heavy atom. The predicted octanol–water partition coefficient (Wildman–Crippen LogP) is 2.96. The number of allylic oxidation sites excluding steroid dienone is 2. The molecule has 0 aromatic carbocycles. The van der Waals surface area contributed by atoms with Crippen molar-refractivity contribution in [1.82, 2.24) is 0 Å². The molecule has 0 saturated heterocycles. The van der Waals surface area contributed by atoms with E-state index < -0.39 is 0 Å². The molecule has 0 saturated carbocycles. The predicted molar refractivity (Wildman–Crippen MR) is 50.9 cm³/mol. The Bertz CT molecular complexity index is 223. The Balaban J connectivity index is 2.81. The minimum Gasteiger partial charge on any atom is -0.295 e. The highest BCUT2D eigenvalue weighted by Gasteiger charge is 2.30.